The van der Waals surface area contributed by atoms with Crippen LogP contribution in [0.3, 0.4) is 0 Å². The maximum atomic E-state index is 5.53. The Balaban J connectivity index is 2.89. The molecule has 0 aromatic heterocycles. The lowest BCUT2D eigenvalue weighted by Crippen LogP contribution is -1.95. The molecule has 0 amide bonds. The van der Waals surface area contributed by atoms with E-state index in [9.17, 15) is 0 Å². The molecule has 0 aliphatic heterocycles. The predicted molar refractivity (Wildman–Crippen MR) is 50.1 cm³/mol. The summed E-state index contributed by atoms with van der Waals surface area (Å²) in [7, 11) is 1.53. The van der Waals surface area contributed by atoms with Crippen LogP contribution >= 0.6 is 0 Å². The Kier molecular flexibility index (Phi) is 2.69. The Hall–Kier alpha value is -1.51. The lowest BCUT2D eigenvalue weighted by Gasteiger charge is -1.99. The van der Waals surface area contributed by atoms with Gasteiger partial charge in [-0.15, -0.1) is 0 Å². The molecule has 3 nitrogen and oxygen atoms in total. The Morgan fingerprint density at radius 3 is 2.42 bits per heavy atom. The van der Waals surface area contributed by atoms with Gasteiger partial charge < -0.3 is 10.6 Å². The van der Waals surface area contributed by atoms with Crippen molar-refractivity contribution >= 4 is 11.4 Å². The van der Waals surface area contributed by atoms with Crippen LogP contribution < -0.4 is 5.73 Å². The van der Waals surface area contributed by atoms with E-state index in [4.69, 9.17) is 5.73 Å². The third-order valence-electron chi connectivity index (χ3n) is 1.56. The molecule has 0 aliphatic carbocycles. The van der Waals surface area contributed by atoms with Crippen LogP contribution in [0.25, 0.3) is 0 Å². The zero-order chi connectivity index (χ0) is 8.97. The van der Waals surface area contributed by atoms with Crippen LogP contribution in [-0.4, -0.2) is 12.8 Å². The minimum absolute atomic E-state index is 0.754. The molecule has 0 bridgehead atoms. The van der Waals surface area contributed by atoms with Crippen molar-refractivity contribution in [2.75, 3.05) is 12.8 Å². The molecule has 1 aromatic rings. The summed E-state index contributed by atoms with van der Waals surface area (Å²) in [5.41, 5.74) is 8.15. The zero-order valence-electron chi connectivity index (χ0n) is 7.24. The highest BCUT2D eigenvalue weighted by Gasteiger charge is 1.95. The predicted octanol–water partition coefficient (Wildman–Crippen LogP) is 1.64. The quantitative estimate of drug-likeness (QED) is 0.410. The van der Waals surface area contributed by atoms with E-state index < -0.39 is 0 Å². The highest BCUT2D eigenvalue weighted by molar-refractivity contribution is 5.98. The first-order valence-corrected chi connectivity index (χ1v) is 3.67. The number of hydrogen-bond donors (Lipinski definition) is 1. The average molecular weight is 164 g/mol. The molecule has 1 aromatic carbocycles. The molecule has 3 heteroatoms. The number of hydrogen-bond acceptors (Lipinski definition) is 3. The summed E-state index contributed by atoms with van der Waals surface area (Å²) in [6, 6.07) is 7.49. The maximum absolute atomic E-state index is 5.53. The van der Waals surface area contributed by atoms with Crippen LogP contribution in [0, 0.1) is 0 Å². The van der Waals surface area contributed by atoms with Gasteiger partial charge >= 0.3 is 0 Å². The minimum atomic E-state index is 0.754. The number of nitrogen functional groups attached to an aromatic ring is 1. The van der Waals surface area contributed by atoms with Crippen LogP contribution in [0.4, 0.5) is 5.69 Å². The number of nitrogens with two attached hydrogens (primary N) is 1. The smallest absolute Gasteiger partial charge is 0.106 e. The molecule has 2 N–H and O–H groups in total. The number of anilines is 1. The first-order valence-electron chi connectivity index (χ1n) is 3.67. The lowest BCUT2D eigenvalue weighted by molar-refractivity contribution is 0.213. The van der Waals surface area contributed by atoms with Gasteiger partial charge in [-0.1, -0.05) is 17.3 Å². The fraction of sp³-hybridized carbons (Fsp3) is 0.222. The molecule has 1 rings (SSSR count). The molecule has 12 heavy (non-hydrogen) atoms. The average Bonchev–Trinajstić information content (AvgIpc) is 2.06. The maximum Gasteiger partial charge on any atom is 0.106 e. The topological polar surface area (TPSA) is 47.6 Å². The van der Waals surface area contributed by atoms with Gasteiger partial charge in [-0.05, 0) is 24.6 Å². The van der Waals surface area contributed by atoms with Gasteiger partial charge in [-0.2, -0.15) is 0 Å². The fourth-order valence-corrected chi connectivity index (χ4v) is 0.914. The van der Waals surface area contributed by atoms with Crippen molar-refractivity contribution in [2.45, 2.75) is 6.92 Å². The van der Waals surface area contributed by atoms with Gasteiger partial charge in [0.15, 0.2) is 0 Å². The Bertz CT molecular complexity index is 277. The monoisotopic (exact) mass is 164 g/mol. The summed E-state index contributed by atoms with van der Waals surface area (Å²) < 4.78 is 0. The largest absolute Gasteiger partial charge is 0.399 e. The molecule has 0 fully saturated rings. The highest BCUT2D eigenvalue weighted by Crippen LogP contribution is 2.06. The third-order valence-corrected chi connectivity index (χ3v) is 1.56. The lowest BCUT2D eigenvalue weighted by atomic mass is 10.1. The molecule has 64 valence electrons. The molecule has 0 radical (unpaired) electrons. The number of rotatable bonds is 2. The Morgan fingerprint density at radius 1 is 1.33 bits per heavy atom. The molecule has 0 unspecified atom stereocenters. The number of oxime groups is 1. The first-order chi connectivity index (χ1) is 5.74. The zero-order valence-corrected chi connectivity index (χ0v) is 7.24. The second-order valence-corrected chi connectivity index (χ2v) is 2.48. The molecule has 0 heterocycles. The van der Waals surface area contributed by atoms with Crippen LogP contribution in [0.1, 0.15) is 12.5 Å². The minimum Gasteiger partial charge on any atom is -0.399 e. The summed E-state index contributed by atoms with van der Waals surface area (Å²) in [5, 5.41) is 3.80. The van der Waals surface area contributed by atoms with Crippen LogP contribution in [0.5, 0.6) is 0 Å². The second-order valence-electron chi connectivity index (χ2n) is 2.48. The second kappa shape index (κ2) is 3.76. The van der Waals surface area contributed by atoms with E-state index >= 15 is 0 Å². The summed E-state index contributed by atoms with van der Waals surface area (Å²) in [5.74, 6) is 0. The van der Waals surface area contributed by atoms with Crippen molar-refractivity contribution in [1.82, 2.24) is 0 Å². The summed E-state index contributed by atoms with van der Waals surface area (Å²) in [6.45, 7) is 1.88. The van der Waals surface area contributed by atoms with E-state index in [0.29, 0.717) is 0 Å². The van der Waals surface area contributed by atoms with Crippen molar-refractivity contribution in [3.8, 4) is 0 Å². The van der Waals surface area contributed by atoms with E-state index in [-0.39, 0.29) is 0 Å². The van der Waals surface area contributed by atoms with Gasteiger partial charge in [0.1, 0.15) is 7.11 Å². The molecule has 0 saturated carbocycles. The first kappa shape index (κ1) is 8.59. The standard InChI is InChI=1S/C9H12N2O/c1-7(11-12-2)8-3-5-9(10)6-4-8/h3-6H,10H2,1-2H3/b11-7+. The highest BCUT2D eigenvalue weighted by atomic mass is 16.6. The third kappa shape index (κ3) is 1.99. The van der Waals surface area contributed by atoms with E-state index in [1.165, 1.54) is 7.11 Å². The van der Waals surface area contributed by atoms with Crippen LogP contribution in [-0.2, 0) is 4.84 Å². The molecule has 0 aliphatic rings. The van der Waals surface area contributed by atoms with Gasteiger partial charge in [-0.3, -0.25) is 0 Å². The van der Waals surface area contributed by atoms with E-state index in [1.54, 1.807) is 0 Å². The molecular formula is C9H12N2O. The Labute approximate surface area is 71.8 Å². The van der Waals surface area contributed by atoms with Gasteiger partial charge in [0.25, 0.3) is 0 Å². The molecule has 0 spiro atoms. The SMILES string of the molecule is CO/N=C(\C)c1ccc(N)cc1. The van der Waals surface area contributed by atoms with E-state index in [1.807, 2.05) is 31.2 Å². The molecule has 0 atom stereocenters. The van der Waals surface area contributed by atoms with Crippen molar-refractivity contribution in [3.05, 3.63) is 29.8 Å². The van der Waals surface area contributed by atoms with E-state index in [0.717, 1.165) is 17.0 Å². The molecule has 0 saturated heterocycles. The van der Waals surface area contributed by atoms with Gasteiger partial charge in [-0.25, -0.2) is 0 Å². The van der Waals surface area contributed by atoms with E-state index in [2.05, 4.69) is 9.99 Å². The number of nitrogens with zero attached hydrogens (tertiary/aromatic N) is 1. The molecular weight excluding hydrogens is 152 g/mol. The summed E-state index contributed by atoms with van der Waals surface area (Å²) >= 11 is 0. The summed E-state index contributed by atoms with van der Waals surface area (Å²) in [4.78, 5) is 4.64. The fourth-order valence-electron chi connectivity index (χ4n) is 0.914. The van der Waals surface area contributed by atoms with Crippen molar-refractivity contribution in [3.63, 3.8) is 0 Å². The summed E-state index contributed by atoms with van der Waals surface area (Å²) in [6.07, 6.45) is 0. The van der Waals surface area contributed by atoms with Crippen molar-refractivity contribution < 1.29 is 4.84 Å². The van der Waals surface area contributed by atoms with Crippen LogP contribution in [0.2, 0.25) is 0 Å². The van der Waals surface area contributed by atoms with Gasteiger partial charge in [0.2, 0.25) is 0 Å². The van der Waals surface area contributed by atoms with Crippen molar-refractivity contribution in [2.24, 2.45) is 5.16 Å². The van der Waals surface area contributed by atoms with Gasteiger partial charge in [0, 0.05) is 5.69 Å². The van der Waals surface area contributed by atoms with Crippen LogP contribution in [0.15, 0.2) is 29.4 Å². The Morgan fingerprint density at radius 2 is 1.92 bits per heavy atom. The normalized spacial score (nSPS) is 11.3. The van der Waals surface area contributed by atoms with Gasteiger partial charge in [0.05, 0.1) is 5.71 Å². The number of benzene rings is 1. The van der Waals surface area contributed by atoms with Crippen molar-refractivity contribution in [1.29, 1.82) is 0 Å².